The first-order valence-corrected chi connectivity index (χ1v) is 8.10. The third-order valence-electron chi connectivity index (χ3n) is 4.30. The van der Waals surface area contributed by atoms with E-state index in [4.69, 9.17) is 5.11 Å². The second-order valence-electron chi connectivity index (χ2n) is 6.12. The standard InChI is InChI=1S/C19H20FN3O2/c1-3-5-18-21-17(12-23(18)4-2)15-7-6-13(8-16(15)20)9-22-10-14(11-22)19(24)25/h3-8,12,14H,2,9-11H2,1H3,(H,24,25)/b5-3-. The SMILES string of the molecule is C=Cn1cc(-c2ccc(CN3CC(C(=O)O)C3)cc2F)nc1/C=C\C. The Morgan fingerprint density at radius 1 is 1.48 bits per heavy atom. The van der Waals surface area contributed by atoms with Gasteiger partial charge in [-0.05, 0) is 30.7 Å². The zero-order valence-electron chi connectivity index (χ0n) is 14.0. The topological polar surface area (TPSA) is 58.4 Å². The molecule has 2 heterocycles. The molecule has 2 aromatic rings. The monoisotopic (exact) mass is 341 g/mol. The zero-order chi connectivity index (χ0) is 18.0. The molecule has 0 spiro atoms. The van der Waals surface area contributed by atoms with Crippen molar-refractivity contribution in [1.29, 1.82) is 0 Å². The van der Waals surface area contributed by atoms with Crippen LogP contribution in [0.4, 0.5) is 4.39 Å². The van der Waals surface area contributed by atoms with E-state index < -0.39 is 5.97 Å². The van der Waals surface area contributed by atoms with Crippen LogP contribution in [0.2, 0.25) is 0 Å². The molecular formula is C19H20FN3O2. The van der Waals surface area contributed by atoms with Gasteiger partial charge in [-0.25, -0.2) is 9.37 Å². The molecule has 0 unspecified atom stereocenters. The van der Waals surface area contributed by atoms with Gasteiger partial charge in [-0.3, -0.25) is 9.69 Å². The van der Waals surface area contributed by atoms with Crippen LogP contribution in [0.15, 0.2) is 37.1 Å². The highest BCUT2D eigenvalue weighted by atomic mass is 19.1. The molecule has 1 aromatic carbocycles. The van der Waals surface area contributed by atoms with E-state index in [1.165, 1.54) is 6.07 Å². The third kappa shape index (κ3) is 3.53. The van der Waals surface area contributed by atoms with Gasteiger partial charge < -0.3 is 9.67 Å². The van der Waals surface area contributed by atoms with E-state index in [0.29, 0.717) is 36.7 Å². The van der Waals surface area contributed by atoms with Crippen LogP contribution in [0.25, 0.3) is 23.5 Å². The van der Waals surface area contributed by atoms with Crippen molar-refractivity contribution < 1.29 is 14.3 Å². The predicted molar refractivity (Wildman–Crippen MR) is 95.1 cm³/mol. The summed E-state index contributed by atoms with van der Waals surface area (Å²) in [6.45, 7) is 7.19. The highest BCUT2D eigenvalue weighted by Crippen LogP contribution is 2.25. The molecule has 1 saturated heterocycles. The number of carbonyl (C=O) groups is 1. The number of halogens is 1. The third-order valence-corrected chi connectivity index (χ3v) is 4.30. The molecule has 3 rings (SSSR count). The smallest absolute Gasteiger partial charge is 0.309 e. The van der Waals surface area contributed by atoms with Crippen LogP contribution < -0.4 is 0 Å². The maximum Gasteiger partial charge on any atom is 0.309 e. The van der Waals surface area contributed by atoms with Crippen molar-refractivity contribution in [2.24, 2.45) is 5.92 Å². The molecule has 1 aliphatic rings. The molecule has 1 aliphatic heterocycles. The largest absolute Gasteiger partial charge is 0.481 e. The normalized spacial score (nSPS) is 15.4. The fourth-order valence-electron chi connectivity index (χ4n) is 2.93. The number of aliphatic carboxylic acids is 1. The van der Waals surface area contributed by atoms with Crippen LogP contribution in [0.1, 0.15) is 18.3 Å². The van der Waals surface area contributed by atoms with Crippen LogP contribution in [0.5, 0.6) is 0 Å². The van der Waals surface area contributed by atoms with Gasteiger partial charge in [0.05, 0.1) is 11.6 Å². The van der Waals surface area contributed by atoms with Gasteiger partial charge in [0, 0.05) is 37.6 Å². The van der Waals surface area contributed by atoms with E-state index in [9.17, 15) is 9.18 Å². The number of nitrogens with zero attached hydrogens (tertiary/aromatic N) is 3. The summed E-state index contributed by atoms with van der Waals surface area (Å²) in [6, 6.07) is 5.06. The highest BCUT2D eigenvalue weighted by molar-refractivity contribution is 5.71. The summed E-state index contributed by atoms with van der Waals surface area (Å²) in [5.41, 5.74) is 1.80. The molecule has 0 amide bonds. The maximum atomic E-state index is 14.5. The van der Waals surface area contributed by atoms with Crippen LogP contribution >= 0.6 is 0 Å². The van der Waals surface area contributed by atoms with Gasteiger partial charge in [-0.1, -0.05) is 18.7 Å². The van der Waals surface area contributed by atoms with Crippen LogP contribution in [-0.4, -0.2) is 38.6 Å². The van der Waals surface area contributed by atoms with Gasteiger partial charge in [-0.2, -0.15) is 0 Å². The summed E-state index contributed by atoms with van der Waals surface area (Å²) in [7, 11) is 0. The maximum absolute atomic E-state index is 14.5. The molecule has 0 saturated carbocycles. The van der Waals surface area contributed by atoms with Crippen molar-refractivity contribution >= 4 is 18.2 Å². The first kappa shape index (κ1) is 17.1. The lowest BCUT2D eigenvalue weighted by Gasteiger charge is -2.36. The van der Waals surface area contributed by atoms with Crippen molar-refractivity contribution in [2.45, 2.75) is 13.5 Å². The Hall–Kier alpha value is -2.73. The van der Waals surface area contributed by atoms with E-state index >= 15 is 0 Å². The van der Waals surface area contributed by atoms with E-state index in [2.05, 4.69) is 11.6 Å². The molecule has 0 radical (unpaired) electrons. The average molecular weight is 341 g/mol. The van der Waals surface area contributed by atoms with Gasteiger partial charge in [0.15, 0.2) is 0 Å². The minimum Gasteiger partial charge on any atom is -0.481 e. The number of carboxylic acids is 1. The first-order chi connectivity index (χ1) is 12.0. The molecule has 130 valence electrons. The lowest BCUT2D eigenvalue weighted by molar-refractivity contribution is -0.147. The van der Waals surface area contributed by atoms with E-state index in [1.54, 1.807) is 23.0 Å². The van der Waals surface area contributed by atoms with Crippen molar-refractivity contribution in [2.75, 3.05) is 13.1 Å². The van der Waals surface area contributed by atoms with Crippen LogP contribution in [-0.2, 0) is 11.3 Å². The average Bonchev–Trinajstić information content (AvgIpc) is 2.93. The Balaban J connectivity index is 1.76. The van der Waals surface area contributed by atoms with Gasteiger partial charge in [0.1, 0.15) is 11.6 Å². The van der Waals surface area contributed by atoms with E-state index in [-0.39, 0.29) is 11.7 Å². The molecule has 1 aromatic heterocycles. The number of hydrogen-bond acceptors (Lipinski definition) is 3. The molecule has 1 fully saturated rings. The Morgan fingerprint density at radius 2 is 2.24 bits per heavy atom. The Kier molecular flexibility index (Phi) is 4.81. The molecule has 5 nitrogen and oxygen atoms in total. The number of hydrogen-bond donors (Lipinski definition) is 1. The Morgan fingerprint density at radius 3 is 2.84 bits per heavy atom. The summed E-state index contributed by atoms with van der Waals surface area (Å²) in [4.78, 5) is 17.3. The number of likely N-dealkylation sites (tertiary alicyclic amines) is 1. The molecule has 25 heavy (non-hydrogen) atoms. The summed E-state index contributed by atoms with van der Waals surface area (Å²) in [5.74, 6) is -0.727. The fraction of sp³-hybridized carbons (Fsp3) is 0.263. The van der Waals surface area contributed by atoms with Gasteiger partial charge in [-0.15, -0.1) is 0 Å². The summed E-state index contributed by atoms with van der Waals surface area (Å²) >= 11 is 0. The summed E-state index contributed by atoms with van der Waals surface area (Å²) < 4.78 is 16.3. The molecule has 6 heteroatoms. The molecular weight excluding hydrogens is 321 g/mol. The highest BCUT2D eigenvalue weighted by Gasteiger charge is 2.32. The molecule has 0 bridgehead atoms. The van der Waals surface area contributed by atoms with E-state index in [1.807, 2.05) is 30.0 Å². The lowest BCUT2D eigenvalue weighted by atomic mass is 9.99. The van der Waals surface area contributed by atoms with Gasteiger partial charge in [0.25, 0.3) is 0 Å². The number of imidazole rings is 1. The summed E-state index contributed by atoms with van der Waals surface area (Å²) in [5, 5.41) is 8.90. The van der Waals surface area contributed by atoms with Crippen molar-refractivity contribution in [3.63, 3.8) is 0 Å². The number of allylic oxidation sites excluding steroid dienone is 1. The van der Waals surface area contributed by atoms with Crippen molar-refractivity contribution in [1.82, 2.24) is 14.5 Å². The Bertz CT molecular complexity index is 835. The molecule has 0 aliphatic carbocycles. The van der Waals surface area contributed by atoms with Crippen molar-refractivity contribution in [3.8, 4) is 11.3 Å². The first-order valence-electron chi connectivity index (χ1n) is 8.10. The predicted octanol–water partition coefficient (Wildman–Crippen LogP) is 3.34. The fourth-order valence-corrected chi connectivity index (χ4v) is 2.93. The molecule has 0 atom stereocenters. The van der Waals surface area contributed by atoms with Gasteiger partial charge in [0.2, 0.25) is 0 Å². The van der Waals surface area contributed by atoms with Crippen molar-refractivity contribution in [3.05, 3.63) is 54.3 Å². The summed E-state index contributed by atoms with van der Waals surface area (Å²) in [6.07, 6.45) is 7.07. The number of benzene rings is 1. The molecule has 1 N–H and O–H groups in total. The zero-order valence-corrected chi connectivity index (χ0v) is 14.0. The van der Waals surface area contributed by atoms with Gasteiger partial charge >= 0.3 is 5.97 Å². The Labute approximate surface area is 145 Å². The minimum absolute atomic E-state index is 0.308. The second kappa shape index (κ2) is 7.03. The van der Waals surface area contributed by atoms with Crippen LogP contribution in [0, 0.1) is 11.7 Å². The van der Waals surface area contributed by atoms with E-state index in [0.717, 1.165) is 5.56 Å². The lowest BCUT2D eigenvalue weighted by Crippen LogP contribution is -2.49. The number of rotatable bonds is 6. The quantitative estimate of drug-likeness (QED) is 0.875. The minimum atomic E-state index is -0.771. The second-order valence-corrected chi connectivity index (χ2v) is 6.12. The number of carboxylic acid groups (broad SMARTS) is 1. The van der Waals surface area contributed by atoms with Crippen LogP contribution in [0.3, 0.4) is 0 Å². The number of aromatic nitrogens is 2.